The first-order valence-electron chi connectivity index (χ1n) is 15.8. The van der Waals surface area contributed by atoms with Crippen LogP contribution in [0.1, 0.15) is 5.56 Å². The highest BCUT2D eigenvalue weighted by molar-refractivity contribution is 6.25. The van der Waals surface area contributed by atoms with Crippen molar-refractivity contribution in [3.05, 3.63) is 157 Å². The molecule has 4 heterocycles. The van der Waals surface area contributed by atoms with Crippen LogP contribution in [0.15, 0.2) is 156 Å². The Balaban J connectivity index is 1.19. The zero-order chi connectivity index (χ0) is 29.9. The van der Waals surface area contributed by atoms with Gasteiger partial charge in [-0.2, -0.15) is 4.58 Å². The van der Waals surface area contributed by atoms with E-state index in [0.29, 0.717) is 0 Å². The van der Waals surface area contributed by atoms with E-state index in [9.17, 15) is 0 Å². The number of para-hydroxylation sites is 5. The van der Waals surface area contributed by atoms with Crippen LogP contribution in [0.3, 0.4) is 0 Å². The molecule has 2 aromatic heterocycles. The lowest BCUT2D eigenvalue weighted by Crippen LogP contribution is -2.43. The van der Waals surface area contributed by atoms with Gasteiger partial charge in [0.2, 0.25) is 17.1 Å². The van der Waals surface area contributed by atoms with Crippen LogP contribution in [0.5, 0.6) is 0 Å². The Bertz CT molecular complexity index is 2700. The molecular weight excluding hydrogens is 562 g/mol. The quantitative estimate of drug-likeness (QED) is 0.188. The minimum atomic E-state index is 0.0371. The monoisotopic (exact) mass is 588 g/mol. The second-order valence-corrected chi connectivity index (χ2v) is 12.3. The van der Waals surface area contributed by atoms with Gasteiger partial charge in [0.25, 0.3) is 0 Å². The third kappa shape index (κ3) is 3.01. The highest BCUT2D eigenvalue weighted by atomic mass is 16.3. The topological polar surface area (TPSA) is 24.3 Å². The van der Waals surface area contributed by atoms with E-state index in [1.807, 2.05) is 6.07 Å². The van der Waals surface area contributed by atoms with E-state index in [4.69, 9.17) is 4.42 Å². The summed E-state index contributed by atoms with van der Waals surface area (Å²) in [5.74, 6) is 0. The number of benzene rings is 6. The molecular formula is C42H26N3O+. The second kappa shape index (κ2) is 8.74. The van der Waals surface area contributed by atoms with Crippen molar-refractivity contribution in [1.82, 2.24) is 9.14 Å². The maximum atomic E-state index is 6.63. The molecule has 8 aromatic rings. The van der Waals surface area contributed by atoms with E-state index in [2.05, 4.69) is 160 Å². The molecule has 0 saturated heterocycles. The highest BCUT2D eigenvalue weighted by Crippen LogP contribution is 2.55. The molecule has 2 aliphatic heterocycles. The normalized spacial score (nSPS) is 16.4. The van der Waals surface area contributed by atoms with E-state index in [1.54, 1.807) is 0 Å². The average Bonchev–Trinajstić information content (AvgIpc) is 3.77. The number of nitrogens with zero attached hydrogens (tertiary/aromatic N) is 3. The lowest BCUT2D eigenvalue weighted by atomic mass is 9.92. The summed E-state index contributed by atoms with van der Waals surface area (Å²) in [6, 6.07) is 48.1. The molecule has 1 unspecified atom stereocenters. The van der Waals surface area contributed by atoms with Gasteiger partial charge in [0.15, 0.2) is 5.58 Å². The van der Waals surface area contributed by atoms with Crippen LogP contribution in [0.2, 0.25) is 0 Å². The molecule has 1 aliphatic carbocycles. The molecule has 0 bridgehead atoms. The smallest absolute Gasteiger partial charge is 0.235 e. The van der Waals surface area contributed by atoms with Crippen molar-refractivity contribution in [2.24, 2.45) is 0 Å². The Labute approximate surface area is 264 Å². The van der Waals surface area contributed by atoms with E-state index >= 15 is 0 Å². The minimum Gasteiger partial charge on any atom is -0.454 e. The molecule has 4 heteroatoms. The van der Waals surface area contributed by atoms with Gasteiger partial charge in [0.1, 0.15) is 17.3 Å². The minimum absolute atomic E-state index is 0.0371. The van der Waals surface area contributed by atoms with Gasteiger partial charge >= 0.3 is 0 Å². The maximum Gasteiger partial charge on any atom is 0.235 e. The zero-order valence-electron chi connectivity index (χ0n) is 24.8. The fraction of sp³-hybridized carbons (Fsp3) is 0.0238. The molecule has 4 nitrogen and oxygen atoms in total. The third-order valence-electron chi connectivity index (χ3n) is 10.0. The molecule has 6 aromatic carbocycles. The Hall–Kier alpha value is -6.13. The van der Waals surface area contributed by atoms with E-state index < -0.39 is 0 Å². The van der Waals surface area contributed by atoms with Gasteiger partial charge in [-0.15, -0.1) is 0 Å². The van der Waals surface area contributed by atoms with Gasteiger partial charge in [-0.25, -0.2) is 0 Å². The molecule has 11 rings (SSSR count). The van der Waals surface area contributed by atoms with Crippen LogP contribution >= 0.6 is 0 Å². The van der Waals surface area contributed by atoms with Gasteiger partial charge in [-0.1, -0.05) is 84.9 Å². The molecule has 0 amide bonds. The first-order chi connectivity index (χ1) is 22.8. The highest BCUT2D eigenvalue weighted by Gasteiger charge is 2.49. The molecule has 0 radical (unpaired) electrons. The molecule has 46 heavy (non-hydrogen) atoms. The number of anilines is 2. The SMILES string of the molecule is C1=CC2=[N+](c3ccc4c(c3)c3ccccc3n4-c3ccccc3)c3ccccc3N3c4c(ccc5c4oc4ccccc45)C(=C1)C23. The van der Waals surface area contributed by atoms with Crippen LogP contribution < -0.4 is 9.48 Å². The summed E-state index contributed by atoms with van der Waals surface area (Å²) >= 11 is 0. The van der Waals surface area contributed by atoms with E-state index in [0.717, 1.165) is 39.0 Å². The van der Waals surface area contributed by atoms with Gasteiger partial charge in [-0.3, -0.25) is 0 Å². The number of allylic oxidation sites excluding steroid dienone is 2. The summed E-state index contributed by atoms with van der Waals surface area (Å²) in [5, 5.41) is 4.80. The average molecular weight is 589 g/mol. The van der Waals surface area contributed by atoms with E-state index in [-0.39, 0.29) is 6.04 Å². The van der Waals surface area contributed by atoms with Crippen molar-refractivity contribution in [3.8, 4) is 5.69 Å². The molecule has 0 N–H and O–H groups in total. The number of rotatable bonds is 2. The summed E-state index contributed by atoms with van der Waals surface area (Å²) in [4.78, 5) is 2.51. The van der Waals surface area contributed by atoms with Crippen molar-refractivity contribution in [2.45, 2.75) is 6.04 Å². The number of fused-ring (bicyclic) bond motifs is 12. The van der Waals surface area contributed by atoms with Gasteiger partial charge < -0.3 is 13.9 Å². The predicted molar refractivity (Wildman–Crippen MR) is 190 cm³/mol. The van der Waals surface area contributed by atoms with Gasteiger partial charge in [-0.05, 0) is 48.0 Å². The fourth-order valence-corrected chi connectivity index (χ4v) is 8.17. The second-order valence-electron chi connectivity index (χ2n) is 12.3. The van der Waals surface area contributed by atoms with Gasteiger partial charge in [0.05, 0.1) is 16.7 Å². The summed E-state index contributed by atoms with van der Waals surface area (Å²) in [7, 11) is 0. The molecule has 214 valence electrons. The Morgan fingerprint density at radius 3 is 2.35 bits per heavy atom. The van der Waals surface area contributed by atoms with Crippen LogP contribution in [-0.4, -0.2) is 16.3 Å². The zero-order valence-corrected chi connectivity index (χ0v) is 24.8. The first-order valence-corrected chi connectivity index (χ1v) is 15.8. The van der Waals surface area contributed by atoms with Crippen LogP contribution in [0.4, 0.5) is 22.7 Å². The Morgan fingerprint density at radius 1 is 0.630 bits per heavy atom. The molecule has 3 aliphatic rings. The number of furan rings is 1. The third-order valence-corrected chi connectivity index (χ3v) is 10.0. The standard InChI is InChI=1S/C42H26N3O/c1-2-11-26(12-3-1)43-34-16-6-4-13-28(34)33-25-27(21-24-35(33)43)44-36-17-7-8-18-37(36)45-40-30(15-10-19-38(40)44)31-22-23-32-29-14-5-9-20-39(29)46-42(32)41(31)45/h1-25,40H/q+1. The lowest BCUT2D eigenvalue weighted by Gasteiger charge is -2.32. The van der Waals surface area contributed by atoms with Crippen molar-refractivity contribution in [1.29, 1.82) is 0 Å². The largest absolute Gasteiger partial charge is 0.454 e. The predicted octanol–water partition coefficient (Wildman–Crippen LogP) is 10.4. The molecule has 0 spiro atoms. The maximum absolute atomic E-state index is 6.63. The fourth-order valence-electron chi connectivity index (χ4n) is 8.17. The van der Waals surface area contributed by atoms with Crippen molar-refractivity contribution in [2.75, 3.05) is 4.90 Å². The number of aromatic nitrogens is 1. The summed E-state index contributed by atoms with van der Waals surface area (Å²) in [6.45, 7) is 0. The number of hydrogen-bond donors (Lipinski definition) is 0. The summed E-state index contributed by atoms with van der Waals surface area (Å²) in [6.07, 6.45) is 6.78. The Kier molecular flexibility index (Phi) is 4.60. The summed E-state index contributed by atoms with van der Waals surface area (Å²) < 4.78 is 11.5. The van der Waals surface area contributed by atoms with Gasteiger partial charge in [0, 0.05) is 57.1 Å². The van der Waals surface area contributed by atoms with Crippen molar-refractivity contribution >= 4 is 77.8 Å². The lowest BCUT2D eigenvalue weighted by molar-refractivity contribution is 0.668. The number of hydrogen-bond acceptors (Lipinski definition) is 2. The molecule has 0 fully saturated rings. The van der Waals surface area contributed by atoms with Crippen LogP contribution in [0.25, 0.3) is 55.0 Å². The molecule has 1 atom stereocenters. The summed E-state index contributed by atoms with van der Waals surface area (Å²) in [5.41, 5.74) is 13.9. The van der Waals surface area contributed by atoms with Crippen LogP contribution in [-0.2, 0) is 0 Å². The van der Waals surface area contributed by atoms with Crippen molar-refractivity contribution < 1.29 is 4.42 Å². The van der Waals surface area contributed by atoms with Crippen LogP contribution in [0, 0.1) is 0 Å². The molecule has 0 saturated carbocycles. The van der Waals surface area contributed by atoms with E-state index in [1.165, 1.54) is 50.0 Å². The van der Waals surface area contributed by atoms with Crippen molar-refractivity contribution in [3.63, 3.8) is 0 Å². The Morgan fingerprint density at radius 2 is 1.41 bits per heavy atom. The first kappa shape index (κ1) is 24.2.